The van der Waals surface area contributed by atoms with E-state index in [0.717, 1.165) is 62.2 Å². The summed E-state index contributed by atoms with van der Waals surface area (Å²) >= 11 is 0. The summed E-state index contributed by atoms with van der Waals surface area (Å²) in [4.78, 5) is 28.6. The number of carbonyl (C=O) groups excluding carboxylic acids is 2. The topological polar surface area (TPSA) is 55.8 Å². The molecule has 3 fully saturated rings. The van der Waals surface area contributed by atoms with Crippen molar-refractivity contribution in [2.24, 2.45) is 41.4 Å². The third-order valence-corrected chi connectivity index (χ3v) is 11.8. The van der Waals surface area contributed by atoms with Crippen LogP contribution in [0.1, 0.15) is 171 Å². The second-order valence-electron chi connectivity index (χ2n) is 16.9. The Kier molecular flexibility index (Phi) is 16.8. The van der Waals surface area contributed by atoms with E-state index >= 15 is 0 Å². The average Bonchev–Trinajstić information content (AvgIpc) is 3.48. The normalized spacial score (nSPS) is 40.4. The van der Waals surface area contributed by atoms with Gasteiger partial charge in [0.25, 0.3) is 0 Å². The van der Waals surface area contributed by atoms with Crippen molar-refractivity contribution < 1.29 is 19.1 Å². The smallest absolute Gasteiger partial charge is 0.329 e. The molecule has 5 nitrogen and oxygen atoms in total. The van der Waals surface area contributed by atoms with E-state index in [1.807, 2.05) is 6.92 Å². The molecule has 45 heavy (non-hydrogen) atoms. The molecule has 6 unspecified atom stereocenters. The molecule has 0 radical (unpaired) electrons. The first-order valence-electron chi connectivity index (χ1n) is 19.6. The molecule has 262 valence electrons. The number of rotatable bonds is 0. The summed E-state index contributed by atoms with van der Waals surface area (Å²) in [7, 11) is 0. The summed E-state index contributed by atoms with van der Waals surface area (Å²) in [6, 6.07) is -0.434. The number of hydrogen-bond donors (Lipinski definition) is 0. The van der Waals surface area contributed by atoms with Gasteiger partial charge < -0.3 is 14.4 Å². The average molecular weight is 632 g/mol. The van der Waals surface area contributed by atoms with Crippen molar-refractivity contribution in [2.45, 2.75) is 195 Å². The zero-order valence-corrected chi connectivity index (χ0v) is 30.9. The Bertz CT molecular complexity index is 861. The van der Waals surface area contributed by atoms with Crippen molar-refractivity contribution in [3.05, 3.63) is 0 Å². The maximum Gasteiger partial charge on any atom is 0.329 e. The number of nitrogens with zero attached hydrogens (tertiary/aromatic N) is 1. The first-order valence-corrected chi connectivity index (χ1v) is 19.6. The molecule has 3 rings (SSSR count). The third-order valence-electron chi connectivity index (χ3n) is 11.8. The van der Waals surface area contributed by atoms with E-state index in [0.29, 0.717) is 37.1 Å². The van der Waals surface area contributed by atoms with Crippen LogP contribution >= 0.6 is 0 Å². The van der Waals surface area contributed by atoms with Gasteiger partial charge in [0.1, 0.15) is 6.04 Å². The van der Waals surface area contributed by atoms with Gasteiger partial charge in [-0.15, -0.1) is 0 Å². The van der Waals surface area contributed by atoms with Crippen molar-refractivity contribution in [3.63, 3.8) is 0 Å². The molecule has 3 saturated heterocycles. The molecule has 0 aromatic rings. The SMILES string of the molecule is CC1CCC(C)CC[C@@H](C)C[C@@H](C)CCCC(C)C[C@@H](C)CC[C@@H](C)OC(=O)C2CCCN2C(=O)CC2OC(CC1)CC[C@H]2C. The molecule has 5 heteroatoms. The number of fused-ring (bicyclic) bond motifs is 3. The van der Waals surface area contributed by atoms with Crippen LogP contribution in [0, 0.1) is 41.4 Å². The Balaban J connectivity index is 1.59. The van der Waals surface area contributed by atoms with Crippen molar-refractivity contribution >= 4 is 11.9 Å². The lowest BCUT2D eigenvalue weighted by atomic mass is 9.85. The fourth-order valence-electron chi connectivity index (χ4n) is 8.56. The minimum atomic E-state index is -0.434. The minimum absolute atomic E-state index is 0.0487. The summed E-state index contributed by atoms with van der Waals surface area (Å²) in [6.45, 7) is 19.5. The van der Waals surface area contributed by atoms with Gasteiger partial charge in [-0.05, 0) is 113 Å². The van der Waals surface area contributed by atoms with Gasteiger partial charge in [-0.1, -0.05) is 93.4 Å². The van der Waals surface area contributed by atoms with Crippen LogP contribution in [-0.2, 0) is 19.1 Å². The molecular weight excluding hydrogens is 558 g/mol. The lowest BCUT2D eigenvalue weighted by Crippen LogP contribution is -2.45. The third kappa shape index (κ3) is 13.9. The van der Waals surface area contributed by atoms with Crippen molar-refractivity contribution in [3.8, 4) is 0 Å². The van der Waals surface area contributed by atoms with Crippen molar-refractivity contribution in [1.82, 2.24) is 4.90 Å². The van der Waals surface area contributed by atoms with Crippen molar-refractivity contribution in [2.75, 3.05) is 6.54 Å². The molecule has 11 atom stereocenters. The molecule has 3 aliphatic heterocycles. The van der Waals surface area contributed by atoms with Gasteiger partial charge >= 0.3 is 5.97 Å². The van der Waals surface area contributed by atoms with E-state index in [1.165, 1.54) is 64.2 Å². The molecular formula is C40H73NO4. The molecule has 2 bridgehead atoms. The summed E-state index contributed by atoms with van der Waals surface area (Å²) in [5.41, 5.74) is 0. The van der Waals surface area contributed by atoms with E-state index in [-0.39, 0.29) is 30.2 Å². The fraction of sp³-hybridized carbons (Fsp3) is 0.950. The molecule has 0 N–H and O–H groups in total. The predicted molar refractivity (Wildman–Crippen MR) is 187 cm³/mol. The molecule has 0 aromatic carbocycles. The minimum Gasteiger partial charge on any atom is -0.461 e. The standard InChI is InChI=1S/C40H73NO4/c1-28-14-15-29(2)19-22-36-23-20-34(7)38(45-36)27-39(42)41-24-10-13-37(41)40(43)44-35(8)21-18-33(6)26-31(4)12-9-11-30(3)25-32(5)17-16-28/h28-38H,9-27H2,1-8H3/t28?,29?,30-,31?,32+,33-,34+,35+,36?,37?,38?/m0/s1. The summed E-state index contributed by atoms with van der Waals surface area (Å²) < 4.78 is 12.5. The zero-order valence-electron chi connectivity index (χ0n) is 30.9. The molecule has 3 heterocycles. The Morgan fingerprint density at radius 1 is 0.556 bits per heavy atom. The number of cyclic esters (lactones) is 1. The number of carbonyl (C=O) groups is 2. The van der Waals surface area contributed by atoms with Gasteiger partial charge in [0.2, 0.25) is 5.91 Å². The van der Waals surface area contributed by atoms with Crippen molar-refractivity contribution in [1.29, 1.82) is 0 Å². The molecule has 3 aliphatic rings. The second-order valence-corrected chi connectivity index (χ2v) is 16.9. The Morgan fingerprint density at radius 2 is 1.07 bits per heavy atom. The van der Waals surface area contributed by atoms with E-state index in [4.69, 9.17) is 9.47 Å². The van der Waals surface area contributed by atoms with Crippen LogP contribution in [0.25, 0.3) is 0 Å². The highest BCUT2D eigenvalue weighted by Gasteiger charge is 2.38. The van der Waals surface area contributed by atoms with Gasteiger partial charge in [-0.25, -0.2) is 4.79 Å². The molecule has 0 saturated carbocycles. The molecule has 0 spiro atoms. The van der Waals surface area contributed by atoms with Crippen LogP contribution < -0.4 is 0 Å². The molecule has 0 aliphatic carbocycles. The molecule has 1 amide bonds. The van der Waals surface area contributed by atoms with E-state index in [1.54, 1.807) is 4.90 Å². The lowest BCUT2D eigenvalue weighted by molar-refractivity contribution is -0.159. The second kappa shape index (κ2) is 19.7. The maximum absolute atomic E-state index is 13.5. The van der Waals surface area contributed by atoms with Crippen LogP contribution in [0.4, 0.5) is 0 Å². The van der Waals surface area contributed by atoms with Crippen LogP contribution in [0.3, 0.4) is 0 Å². The predicted octanol–water partition coefficient (Wildman–Crippen LogP) is 10.4. The first-order chi connectivity index (χ1) is 21.4. The summed E-state index contributed by atoms with van der Waals surface area (Å²) in [5, 5.41) is 0. The monoisotopic (exact) mass is 632 g/mol. The van der Waals surface area contributed by atoms with Gasteiger partial charge in [-0.3, -0.25) is 4.79 Å². The first kappa shape index (κ1) is 38.3. The largest absolute Gasteiger partial charge is 0.461 e. The van der Waals surface area contributed by atoms with Crippen LogP contribution in [0.5, 0.6) is 0 Å². The number of hydrogen-bond acceptors (Lipinski definition) is 4. The quantitative estimate of drug-likeness (QED) is 0.250. The van der Waals surface area contributed by atoms with Gasteiger partial charge in [0.15, 0.2) is 0 Å². The van der Waals surface area contributed by atoms with E-state index < -0.39 is 6.04 Å². The zero-order chi connectivity index (χ0) is 32.9. The highest BCUT2D eigenvalue weighted by Crippen LogP contribution is 2.33. The van der Waals surface area contributed by atoms with Gasteiger partial charge in [-0.2, -0.15) is 0 Å². The van der Waals surface area contributed by atoms with Crippen LogP contribution in [0.2, 0.25) is 0 Å². The Labute approximate surface area is 278 Å². The van der Waals surface area contributed by atoms with Gasteiger partial charge in [0.05, 0.1) is 24.7 Å². The summed E-state index contributed by atoms with van der Waals surface area (Å²) in [5.74, 6) is 4.77. The summed E-state index contributed by atoms with van der Waals surface area (Å²) in [6.07, 6.45) is 20.5. The van der Waals surface area contributed by atoms with Gasteiger partial charge in [0, 0.05) is 6.54 Å². The molecule has 0 aromatic heterocycles. The number of esters is 1. The van der Waals surface area contributed by atoms with Crippen LogP contribution in [0.15, 0.2) is 0 Å². The lowest BCUT2D eigenvalue weighted by Gasteiger charge is -2.36. The van der Waals surface area contributed by atoms with E-state index in [2.05, 4.69) is 48.5 Å². The highest BCUT2D eigenvalue weighted by atomic mass is 16.5. The maximum atomic E-state index is 13.5. The highest BCUT2D eigenvalue weighted by molar-refractivity contribution is 5.85. The number of ether oxygens (including phenoxy) is 2. The van der Waals surface area contributed by atoms with E-state index in [9.17, 15) is 9.59 Å². The Morgan fingerprint density at radius 3 is 1.69 bits per heavy atom. The number of amides is 1. The Hall–Kier alpha value is -1.10. The fourth-order valence-corrected chi connectivity index (χ4v) is 8.56. The van der Waals surface area contributed by atoms with Crippen LogP contribution in [-0.4, -0.2) is 47.7 Å².